The first-order chi connectivity index (χ1) is 13.5. The summed E-state index contributed by atoms with van der Waals surface area (Å²) in [5.74, 6) is -0.111. The Morgan fingerprint density at radius 3 is 2.68 bits per heavy atom. The first kappa shape index (κ1) is 20.4. The van der Waals surface area contributed by atoms with E-state index in [1.165, 1.54) is 0 Å². The third-order valence-electron chi connectivity index (χ3n) is 4.66. The van der Waals surface area contributed by atoms with Crippen molar-refractivity contribution in [1.29, 1.82) is 0 Å². The zero-order valence-electron chi connectivity index (χ0n) is 15.4. The molecular weight excluding hydrogens is 469 g/mol. The van der Waals surface area contributed by atoms with Gasteiger partial charge in [-0.2, -0.15) is 0 Å². The van der Waals surface area contributed by atoms with Crippen molar-refractivity contribution in [1.82, 2.24) is 0 Å². The molecule has 0 radical (unpaired) electrons. The minimum Gasteiger partial charge on any atom is -0.508 e. The van der Waals surface area contributed by atoms with Gasteiger partial charge in [-0.3, -0.25) is 5.32 Å². The Morgan fingerprint density at radius 1 is 1.14 bits per heavy atom. The number of aromatic hydroxyl groups is 1. The number of aliphatic hydroxyl groups excluding tert-OH is 1. The summed E-state index contributed by atoms with van der Waals surface area (Å²) in [6.07, 6.45) is -0.849. The molecule has 6 heteroatoms. The van der Waals surface area contributed by atoms with E-state index in [9.17, 15) is 15.0 Å². The lowest BCUT2D eigenvalue weighted by Crippen LogP contribution is -2.23. The lowest BCUT2D eigenvalue weighted by molar-refractivity contribution is 0.0652. The number of nitrogens with one attached hydrogen (secondary N) is 1. The molecule has 146 valence electrons. The molecular formula is C22H22INO4. The highest BCUT2D eigenvalue weighted by Gasteiger charge is 2.26. The van der Waals surface area contributed by atoms with Crippen LogP contribution >= 0.6 is 22.6 Å². The van der Waals surface area contributed by atoms with E-state index in [2.05, 4.69) is 27.9 Å². The van der Waals surface area contributed by atoms with Crippen molar-refractivity contribution >= 4 is 45.1 Å². The van der Waals surface area contributed by atoms with Gasteiger partial charge in [-0.25, -0.2) is 4.79 Å². The highest BCUT2D eigenvalue weighted by Crippen LogP contribution is 2.35. The van der Waals surface area contributed by atoms with Crippen LogP contribution in [-0.2, 0) is 4.74 Å². The number of ether oxygens (including phenoxy) is 1. The molecule has 0 unspecified atom stereocenters. The van der Waals surface area contributed by atoms with Gasteiger partial charge in [0.2, 0.25) is 0 Å². The Labute approximate surface area is 177 Å². The Morgan fingerprint density at radius 2 is 1.89 bits per heavy atom. The molecule has 0 saturated heterocycles. The zero-order chi connectivity index (χ0) is 20.1. The highest BCUT2D eigenvalue weighted by atomic mass is 127. The molecule has 3 aromatic carbocycles. The predicted octanol–water partition coefficient (Wildman–Crippen LogP) is 5.46. The summed E-state index contributed by atoms with van der Waals surface area (Å²) in [7, 11) is 0. The quantitative estimate of drug-likeness (QED) is 0.401. The smallest absolute Gasteiger partial charge is 0.412 e. The van der Waals surface area contributed by atoms with E-state index < -0.39 is 12.2 Å². The van der Waals surface area contributed by atoms with E-state index in [-0.39, 0.29) is 18.3 Å². The molecule has 28 heavy (non-hydrogen) atoms. The third kappa shape index (κ3) is 4.74. The number of hydrogen-bond acceptors (Lipinski definition) is 4. The van der Waals surface area contributed by atoms with Gasteiger partial charge in [0.05, 0.1) is 5.69 Å². The van der Waals surface area contributed by atoms with Gasteiger partial charge in [-0.15, -0.1) is 0 Å². The number of anilines is 1. The summed E-state index contributed by atoms with van der Waals surface area (Å²) in [6, 6.07) is 18.6. The Bertz CT molecular complexity index is 970. The van der Waals surface area contributed by atoms with E-state index in [4.69, 9.17) is 4.74 Å². The molecule has 0 fully saturated rings. The van der Waals surface area contributed by atoms with Gasteiger partial charge in [-0.05, 0) is 64.6 Å². The van der Waals surface area contributed by atoms with Crippen LogP contribution in [0.3, 0.4) is 0 Å². The molecule has 0 spiro atoms. The first-order valence-corrected chi connectivity index (χ1v) is 10.1. The van der Waals surface area contributed by atoms with Crippen LogP contribution in [0.15, 0.2) is 60.7 Å². The molecule has 3 N–H and O–H groups in total. The van der Waals surface area contributed by atoms with Crippen LogP contribution in [0.25, 0.3) is 10.8 Å². The van der Waals surface area contributed by atoms with Crippen molar-refractivity contribution in [3.63, 3.8) is 0 Å². The van der Waals surface area contributed by atoms with Crippen molar-refractivity contribution in [2.75, 3.05) is 11.9 Å². The van der Waals surface area contributed by atoms with Gasteiger partial charge >= 0.3 is 6.09 Å². The molecule has 2 atom stereocenters. The van der Waals surface area contributed by atoms with E-state index in [0.717, 1.165) is 14.3 Å². The van der Waals surface area contributed by atoms with Crippen molar-refractivity contribution < 1.29 is 19.7 Å². The van der Waals surface area contributed by atoms with Crippen LogP contribution in [0.5, 0.6) is 5.75 Å². The lowest BCUT2D eigenvalue weighted by Gasteiger charge is -2.25. The van der Waals surface area contributed by atoms with Crippen molar-refractivity contribution in [2.24, 2.45) is 5.92 Å². The summed E-state index contributed by atoms with van der Waals surface area (Å²) in [4.78, 5) is 12.7. The summed E-state index contributed by atoms with van der Waals surface area (Å²) >= 11 is 2.15. The third-order valence-corrected chi connectivity index (χ3v) is 5.33. The van der Waals surface area contributed by atoms with Crippen LogP contribution in [0.2, 0.25) is 0 Å². The molecule has 1 amide bonds. The first-order valence-electron chi connectivity index (χ1n) is 9.04. The molecule has 0 heterocycles. The fourth-order valence-electron chi connectivity index (χ4n) is 3.18. The molecule has 5 nitrogen and oxygen atoms in total. The second kappa shape index (κ2) is 9.25. The van der Waals surface area contributed by atoms with E-state index in [0.29, 0.717) is 17.7 Å². The Hall–Kier alpha value is -2.32. The van der Waals surface area contributed by atoms with Gasteiger partial charge in [0.1, 0.15) is 11.9 Å². The molecule has 3 aromatic rings. The SMILES string of the molecule is C[C@H](CCO)[C@H](OC(=O)Nc1cccc2ccccc12)c1cc(I)ccc1O. The number of aliphatic hydroxyl groups is 1. The number of fused-ring (bicyclic) bond motifs is 1. The number of rotatable bonds is 6. The maximum Gasteiger partial charge on any atom is 0.412 e. The monoisotopic (exact) mass is 491 g/mol. The van der Waals surface area contributed by atoms with Crippen molar-refractivity contribution in [2.45, 2.75) is 19.4 Å². The fraction of sp³-hybridized carbons (Fsp3) is 0.227. The Balaban J connectivity index is 1.85. The summed E-state index contributed by atoms with van der Waals surface area (Å²) in [5, 5.41) is 24.4. The fourth-order valence-corrected chi connectivity index (χ4v) is 3.70. The molecule has 0 aliphatic rings. The number of hydrogen-bond donors (Lipinski definition) is 3. The van der Waals surface area contributed by atoms with Gasteiger partial charge in [0.15, 0.2) is 0 Å². The maximum absolute atomic E-state index is 12.7. The van der Waals surface area contributed by atoms with Crippen LogP contribution in [0.4, 0.5) is 10.5 Å². The van der Waals surface area contributed by atoms with Crippen LogP contribution < -0.4 is 5.32 Å². The normalized spacial score (nSPS) is 13.1. The lowest BCUT2D eigenvalue weighted by atomic mass is 9.94. The number of amides is 1. The number of carbonyl (C=O) groups excluding carboxylic acids is 1. The number of benzene rings is 3. The summed E-state index contributed by atoms with van der Waals surface area (Å²) in [6.45, 7) is 1.85. The molecule has 0 aliphatic heterocycles. The van der Waals surface area contributed by atoms with E-state index in [1.54, 1.807) is 18.2 Å². The number of phenols is 1. The number of phenolic OH excluding ortho intramolecular Hbond substituents is 1. The molecule has 3 rings (SSSR count). The van der Waals surface area contributed by atoms with Gasteiger partial charge in [0, 0.05) is 21.1 Å². The minimum atomic E-state index is -0.683. The second-order valence-electron chi connectivity index (χ2n) is 6.67. The van der Waals surface area contributed by atoms with Gasteiger partial charge in [0.25, 0.3) is 0 Å². The standard InChI is InChI=1S/C22H22INO4/c1-14(11-12-25)21(18-13-16(23)9-10-20(18)26)28-22(27)24-19-8-4-6-15-5-2-3-7-17(15)19/h2-10,13-14,21,25-26H,11-12H2,1H3,(H,24,27)/t14-,21+/m1/s1. The Kier molecular flexibility index (Phi) is 6.74. The molecule has 0 bridgehead atoms. The van der Waals surface area contributed by atoms with E-state index >= 15 is 0 Å². The van der Waals surface area contributed by atoms with Crippen molar-refractivity contribution in [3.05, 3.63) is 69.8 Å². The molecule has 0 saturated carbocycles. The predicted molar refractivity (Wildman–Crippen MR) is 118 cm³/mol. The topological polar surface area (TPSA) is 78.8 Å². The number of carbonyl (C=O) groups is 1. The second-order valence-corrected chi connectivity index (χ2v) is 7.92. The van der Waals surface area contributed by atoms with Crippen LogP contribution in [0.1, 0.15) is 25.0 Å². The van der Waals surface area contributed by atoms with Crippen LogP contribution in [0, 0.1) is 9.49 Å². The molecule has 0 aromatic heterocycles. The summed E-state index contributed by atoms with van der Waals surface area (Å²) in [5.41, 5.74) is 1.18. The summed E-state index contributed by atoms with van der Waals surface area (Å²) < 4.78 is 6.64. The van der Waals surface area contributed by atoms with Crippen LogP contribution in [-0.4, -0.2) is 22.9 Å². The largest absolute Gasteiger partial charge is 0.508 e. The van der Waals surface area contributed by atoms with Gasteiger partial charge < -0.3 is 14.9 Å². The number of halogens is 1. The van der Waals surface area contributed by atoms with Gasteiger partial charge in [-0.1, -0.05) is 43.3 Å². The highest BCUT2D eigenvalue weighted by molar-refractivity contribution is 14.1. The maximum atomic E-state index is 12.7. The minimum absolute atomic E-state index is 0.0311. The van der Waals surface area contributed by atoms with E-state index in [1.807, 2.05) is 49.4 Å². The molecule has 0 aliphatic carbocycles. The average molecular weight is 491 g/mol. The zero-order valence-corrected chi connectivity index (χ0v) is 17.6. The van der Waals surface area contributed by atoms with Crippen molar-refractivity contribution in [3.8, 4) is 5.75 Å². The average Bonchev–Trinajstić information content (AvgIpc) is 2.68.